The fourth-order valence-corrected chi connectivity index (χ4v) is 8.03. The smallest absolute Gasteiger partial charge is 0.0637 e. The van der Waals surface area contributed by atoms with E-state index in [4.69, 9.17) is 0 Å². The average molecular weight is 613 g/mol. The molecule has 0 spiro atoms. The Morgan fingerprint density at radius 2 is 0.979 bits per heavy atom. The first-order chi connectivity index (χ1) is 23.8. The summed E-state index contributed by atoms with van der Waals surface area (Å²) >= 11 is 0. The Morgan fingerprint density at radius 1 is 0.438 bits per heavy atom. The predicted octanol–water partition coefficient (Wildman–Crippen LogP) is 10.00. The minimum atomic E-state index is 0.159. The molecule has 1 aliphatic carbocycles. The van der Waals surface area contributed by atoms with Crippen molar-refractivity contribution in [2.45, 2.75) is 12.0 Å². The highest BCUT2D eigenvalue weighted by Crippen LogP contribution is 2.49. The highest BCUT2D eigenvalue weighted by molar-refractivity contribution is 5.94. The molecule has 0 saturated carbocycles. The number of hydrogen-bond donors (Lipinski definition) is 0. The highest BCUT2D eigenvalue weighted by Gasteiger charge is 2.39. The Labute approximate surface area is 279 Å². The maximum atomic E-state index is 2.57. The maximum absolute atomic E-state index is 2.57. The molecule has 8 aromatic rings. The summed E-state index contributed by atoms with van der Waals surface area (Å²) in [6.45, 7) is 0. The van der Waals surface area contributed by atoms with Crippen LogP contribution < -0.4 is 15.5 Å². The van der Waals surface area contributed by atoms with Crippen LogP contribution in [0.2, 0.25) is 0 Å². The van der Waals surface area contributed by atoms with Crippen LogP contribution in [-0.4, -0.2) is 10.6 Å². The van der Waals surface area contributed by atoms with Crippen molar-refractivity contribution in [3.8, 4) is 27.9 Å². The molecule has 0 N–H and O–H groups in total. The Morgan fingerprint density at radius 3 is 1.65 bits per heavy atom. The van der Waals surface area contributed by atoms with E-state index in [1.54, 1.807) is 0 Å². The Hall–Kier alpha value is -6.12. The van der Waals surface area contributed by atoms with Gasteiger partial charge in [-0.15, -0.1) is 0 Å². The fraction of sp³-hybridized carbons (Fsp3) is 0.0435. The number of benzene rings is 7. The Bertz CT molecular complexity index is 2600. The number of anilines is 2. The molecule has 2 unspecified atom stereocenters. The van der Waals surface area contributed by atoms with Crippen molar-refractivity contribution >= 4 is 45.2 Å². The van der Waals surface area contributed by atoms with Crippen LogP contribution in [0, 0.1) is 0 Å². The molecule has 7 aromatic carbocycles. The van der Waals surface area contributed by atoms with E-state index in [1.165, 1.54) is 77.1 Å². The molecule has 0 fully saturated rings. The number of rotatable bonds is 4. The molecule has 0 saturated heterocycles. The van der Waals surface area contributed by atoms with E-state index in [0.717, 1.165) is 0 Å². The van der Waals surface area contributed by atoms with Crippen molar-refractivity contribution in [2.75, 3.05) is 4.90 Å². The molecule has 226 valence electrons. The number of hydrogen-bond acceptors (Lipinski definition) is 1. The van der Waals surface area contributed by atoms with Gasteiger partial charge in [0.2, 0.25) is 0 Å². The third-order valence-electron chi connectivity index (χ3n) is 10.3. The van der Waals surface area contributed by atoms with Crippen molar-refractivity contribution in [2.24, 2.45) is 0 Å². The molecule has 2 heteroatoms. The lowest BCUT2D eigenvalue weighted by Gasteiger charge is -2.29. The fourth-order valence-electron chi connectivity index (χ4n) is 8.03. The molecule has 2 nitrogen and oxygen atoms in total. The molecule has 48 heavy (non-hydrogen) atoms. The minimum Gasteiger partial charge on any atom is -0.333 e. The molecule has 0 amide bonds. The van der Waals surface area contributed by atoms with Gasteiger partial charge in [0.05, 0.1) is 16.9 Å². The third-order valence-corrected chi connectivity index (χ3v) is 10.3. The van der Waals surface area contributed by atoms with E-state index >= 15 is 0 Å². The lowest BCUT2D eigenvalue weighted by molar-refractivity contribution is 0.797. The molecule has 0 radical (unpaired) electrons. The van der Waals surface area contributed by atoms with Gasteiger partial charge in [0.25, 0.3) is 0 Å². The summed E-state index contributed by atoms with van der Waals surface area (Å²) in [5.74, 6) is 0.206. The molecule has 2 atom stereocenters. The molecule has 1 aromatic heterocycles. The maximum Gasteiger partial charge on any atom is 0.0637 e. The lowest BCUT2D eigenvalue weighted by atomic mass is 9.89. The largest absolute Gasteiger partial charge is 0.333 e. The first-order valence-corrected chi connectivity index (χ1v) is 16.8. The summed E-state index contributed by atoms with van der Waals surface area (Å²) in [4.78, 5) is 2.57. The van der Waals surface area contributed by atoms with Gasteiger partial charge in [0, 0.05) is 33.6 Å². The highest BCUT2D eigenvalue weighted by atomic mass is 15.2. The summed E-state index contributed by atoms with van der Waals surface area (Å²) in [5, 5.41) is 6.42. The molecule has 1 aliphatic heterocycles. The van der Waals surface area contributed by atoms with Crippen LogP contribution in [0.15, 0.2) is 170 Å². The van der Waals surface area contributed by atoms with Crippen LogP contribution in [0.25, 0.3) is 61.8 Å². The van der Waals surface area contributed by atoms with Gasteiger partial charge < -0.3 is 9.47 Å². The summed E-state index contributed by atoms with van der Waals surface area (Å²) in [7, 11) is 0. The minimum absolute atomic E-state index is 0.159. The van der Waals surface area contributed by atoms with Crippen LogP contribution in [-0.2, 0) is 0 Å². The number of para-hydroxylation sites is 1. The standard InChI is InChI=1S/C46H32N2/c1-3-11-31(12-4-1)33-19-23-37(24-20-33)47-43-18-10-9-17-39(43)41-29-46-42(30-45(41)47)40-27-35-15-7-8-16-36(35)28-44(40)48(46)38-25-21-34(22-26-38)32-13-5-2-6-14-32/h1-30,42,46H. The second-order valence-corrected chi connectivity index (χ2v) is 13.0. The van der Waals surface area contributed by atoms with Crippen LogP contribution in [0.4, 0.5) is 11.4 Å². The second-order valence-electron chi connectivity index (χ2n) is 13.0. The Kier molecular flexibility index (Phi) is 6.04. The van der Waals surface area contributed by atoms with Gasteiger partial charge >= 0.3 is 0 Å². The van der Waals surface area contributed by atoms with Gasteiger partial charge in [-0.3, -0.25) is 0 Å². The second kappa shape index (κ2) is 10.7. The Balaban J connectivity index is 1.17. The van der Waals surface area contributed by atoms with Crippen LogP contribution in [0.5, 0.6) is 0 Å². The van der Waals surface area contributed by atoms with Crippen LogP contribution in [0.3, 0.4) is 0 Å². The van der Waals surface area contributed by atoms with Crippen LogP contribution in [0.1, 0.15) is 11.5 Å². The quantitative estimate of drug-likeness (QED) is 0.192. The van der Waals surface area contributed by atoms with Crippen molar-refractivity contribution in [1.82, 2.24) is 4.57 Å². The zero-order valence-electron chi connectivity index (χ0n) is 26.4. The first-order valence-electron chi connectivity index (χ1n) is 16.8. The van der Waals surface area contributed by atoms with E-state index < -0.39 is 0 Å². The van der Waals surface area contributed by atoms with Crippen LogP contribution >= 0.6 is 0 Å². The van der Waals surface area contributed by atoms with Crippen molar-refractivity contribution in [3.05, 3.63) is 186 Å². The van der Waals surface area contributed by atoms with Gasteiger partial charge in [-0.25, -0.2) is 0 Å². The van der Waals surface area contributed by atoms with Crippen molar-refractivity contribution in [3.63, 3.8) is 0 Å². The van der Waals surface area contributed by atoms with E-state index in [0.29, 0.717) is 0 Å². The zero-order valence-corrected chi connectivity index (χ0v) is 26.4. The van der Waals surface area contributed by atoms with E-state index in [9.17, 15) is 0 Å². The summed E-state index contributed by atoms with van der Waals surface area (Å²) < 4.78 is 2.46. The predicted molar refractivity (Wildman–Crippen MR) is 201 cm³/mol. The monoisotopic (exact) mass is 612 g/mol. The topological polar surface area (TPSA) is 8.17 Å². The van der Waals surface area contributed by atoms with Gasteiger partial charge in [-0.1, -0.05) is 133 Å². The number of aromatic nitrogens is 1. The first kappa shape index (κ1) is 27.0. The number of nitrogens with zero attached hydrogens (tertiary/aromatic N) is 2. The van der Waals surface area contributed by atoms with Gasteiger partial charge in [0.15, 0.2) is 0 Å². The molecule has 2 heterocycles. The third kappa shape index (κ3) is 4.19. The lowest BCUT2D eigenvalue weighted by Crippen LogP contribution is -2.39. The number of fused-ring (bicyclic) bond motifs is 7. The molecule has 2 aliphatic rings. The summed E-state index contributed by atoms with van der Waals surface area (Å²) in [5.41, 5.74) is 11.2. The molecular formula is C46H32N2. The van der Waals surface area contributed by atoms with Gasteiger partial charge in [0.1, 0.15) is 0 Å². The van der Waals surface area contributed by atoms with Gasteiger partial charge in [-0.05, 0) is 87.1 Å². The summed E-state index contributed by atoms with van der Waals surface area (Å²) in [6, 6.07) is 62.0. The molecule has 0 bridgehead atoms. The SMILES string of the molecule is C1=c2c(n(-c3ccc(-c4ccccc4)cc3)c3ccccc23)=CC2c3cc4ccccc4cc3N(c3ccc(-c4ccccc4)cc3)C12. The van der Waals surface area contributed by atoms with Gasteiger partial charge in [-0.2, -0.15) is 0 Å². The molecule has 10 rings (SSSR count). The van der Waals surface area contributed by atoms with E-state index in [2.05, 4.69) is 191 Å². The normalized spacial score (nSPS) is 16.2. The van der Waals surface area contributed by atoms with E-state index in [1.807, 2.05) is 0 Å². The summed E-state index contributed by atoms with van der Waals surface area (Å²) in [6.07, 6.45) is 5.07. The zero-order chi connectivity index (χ0) is 31.6. The van der Waals surface area contributed by atoms with Crippen molar-refractivity contribution < 1.29 is 0 Å². The molecular weight excluding hydrogens is 581 g/mol. The van der Waals surface area contributed by atoms with Crippen molar-refractivity contribution in [1.29, 1.82) is 0 Å². The average Bonchev–Trinajstić information content (AvgIpc) is 3.65. The van der Waals surface area contributed by atoms with E-state index in [-0.39, 0.29) is 12.0 Å².